The number of benzene rings is 1. The normalized spacial score (nSPS) is 22.1. The summed E-state index contributed by atoms with van der Waals surface area (Å²) in [5.74, 6) is 0. The molecule has 1 aromatic carbocycles. The second-order valence-electron chi connectivity index (χ2n) is 5.60. The Morgan fingerprint density at radius 2 is 1.80 bits per heavy atom. The molecule has 108 valence electrons. The molecule has 2 N–H and O–H groups in total. The molecule has 0 radical (unpaired) electrons. The summed E-state index contributed by atoms with van der Waals surface area (Å²) in [5.41, 5.74) is 8.12. The van der Waals surface area contributed by atoms with Crippen LogP contribution >= 0.6 is 0 Å². The highest BCUT2D eigenvalue weighted by Gasteiger charge is 2.29. The minimum atomic E-state index is -3.31. The van der Waals surface area contributed by atoms with Gasteiger partial charge in [-0.25, -0.2) is 8.42 Å². The van der Waals surface area contributed by atoms with E-state index in [1.54, 1.807) is 18.2 Å². The molecule has 0 amide bonds. The lowest BCUT2D eigenvalue weighted by Gasteiger charge is -2.21. The number of hydrogen-bond donors (Lipinski definition) is 1. The smallest absolute Gasteiger partial charge is 0.200 e. The van der Waals surface area contributed by atoms with Crippen LogP contribution in [-0.2, 0) is 9.84 Å². The van der Waals surface area contributed by atoms with Crippen LogP contribution in [0.15, 0.2) is 28.5 Å². The van der Waals surface area contributed by atoms with Gasteiger partial charge in [0.2, 0.25) is 9.84 Å². The highest BCUT2D eigenvalue weighted by atomic mass is 32.2. The number of nitrogens with two attached hydrogens (primary N) is 1. The maximum absolute atomic E-state index is 12.2. The molecular weight excluding hydrogens is 272 g/mol. The fourth-order valence-electron chi connectivity index (χ4n) is 3.09. The van der Waals surface area contributed by atoms with Crippen molar-refractivity contribution in [2.75, 3.05) is 25.4 Å². The molecule has 1 fully saturated rings. The summed E-state index contributed by atoms with van der Waals surface area (Å²) in [4.78, 5) is 2.71. The van der Waals surface area contributed by atoms with E-state index in [9.17, 15) is 8.42 Å². The minimum Gasteiger partial charge on any atom is -0.398 e. The van der Waals surface area contributed by atoms with Gasteiger partial charge in [-0.2, -0.15) is 0 Å². The van der Waals surface area contributed by atoms with E-state index in [0.717, 1.165) is 24.2 Å². The lowest BCUT2D eigenvalue weighted by Crippen LogP contribution is -2.26. The molecule has 3 rings (SSSR count). The summed E-state index contributed by atoms with van der Waals surface area (Å²) in [6.45, 7) is 2.76. The van der Waals surface area contributed by atoms with Crippen LogP contribution in [-0.4, -0.2) is 33.0 Å². The van der Waals surface area contributed by atoms with E-state index in [4.69, 9.17) is 5.73 Å². The summed E-state index contributed by atoms with van der Waals surface area (Å²) in [6.07, 6.45) is 4.92. The molecule has 2 aliphatic rings. The van der Waals surface area contributed by atoms with Crippen LogP contribution in [0.4, 0.5) is 5.69 Å². The highest BCUT2D eigenvalue weighted by molar-refractivity contribution is 7.95. The van der Waals surface area contributed by atoms with Crippen LogP contribution in [0.25, 0.3) is 5.57 Å². The van der Waals surface area contributed by atoms with Gasteiger partial charge in [0.05, 0.1) is 4.90 Å². The Bertz CT molecular complexity index is 642. The van der Waals surface area contributed by atoms with Crippen LogP contribution in [0.5, 0.6) is 0 Å². The van der Waals surface area contributed by atoms with Gasteiger partial charge in [-0.15, -0.1) is 0 Å². The second kappa shape index (κ2) is 5.22. The van der Waals surface area contributed by atoms with Crippen molar-refractivity contribution in [2.24, 2.45) is 0 Å². The van der Waals surface area contributed by atoms with Crippen LogP contribution in [0.2, 0.25) is 0 Å². The summed E-state index contributed by atoms with van der Waals surface area (Å²) < 4.78 is 24.3. The van der Waals surface area contributed by atoms with E-state index in [-0.39, 0.29) is 0 Å². The molecule has 4 nitrogen and oxygen atoms in total. The van der Waals surface area contributed by atoms with Gasteiger partial charge < -0.3 is 5.73 Å². The van der Waals surface area contributed by atoms with Gasteiger partial charge in [-0.1, -0.05) is 18.9 Å². The predicted molar refractivity (Wildman–Crippen MR) is 80.9 cm³/mol. The maximum atomic E-state index is 12.2. The number of fused-ring (bicyclic) bond motifs is 1. The molecule has 2 heterocycles. The molecule has 20 heavy (non-hydrogen) atoms. The third kappa shape index (κ3) is 2.47. The number of likely N-dealkylation sites (tertiary alicyclic amines) is 1. The molecule has 0 saturated carbocycles. The number of hydrogen-bond acceptors (Lipinski definition) is 4. The van der Waals surface area contributed by atoms with E-state index in [1.807, 2.05) is 0 Å². The average molecular weight is 292 g/mol. The SMILES string of the molecule is Nc1cccc2c1C(CN1CCCCCC1)=CS2(=O)=O. The van der Waals surface area contributed by atoms with Crippen molar-refractivity contribution >= 4 is 21.1 Å². The third-order valence-electron chi connectivity index (χ3n) is 4.08. The molecule has 0 aromatic heterocycles. The molecular formula is C15H20N2O2S. The molecule has 5 heteroatoms. The van der Waals surface area contributed by atoms with E-state index < -0.39 is 9.84 Å². The Kier molecular flexibility index (Phi) is 3.56. The number of sulfone groups is 1. The van der Waals surface area contributed by atoms with Gasteiger partial charge in [-0.3, -0.25) is 4.90 Å². The zero-order chi connectivity index (χ0) is 14.2. The van der Waals surface area contributed by atoms with Gasteiger partial charge in [-0.05, 0) is 43.6 Å². The molecule has 0 atom stereocenters. The van der Waals surface area contributed by atoms with Crippen molar-refractivity contribution in [2.45, 2.75) is 30.6 Å². The van der Waals surface area contributed by atoms with E-state index >= 15 is 0 Å². The molecule has 0 bridgehead atoms. The fraction of sp³-hybridized carbons (Fsp3) is 0.467. The molecule has 2 aliphatic heterocycles. The van der Waals surface area contributed by atoms with Gasteiger partial charge in [0, 0.05) is 23.2 Å². The lowest BCUT2D eigenvalue weighted by atomic mass is 10.0. The van der Waals surface area contributed by atoms with Gasteiger partial charge in [0.25, 0.3) is 0 Å². The van der Waals surface area contributed by atoms with Gasteiger partial charge >= 0.3 is 0 Å². The van der Waals surface area contributed by atoms with Gasteiger partial charge in [0.15, 0.2) is 0 Å². The zero-order valence-corrected chi connectivity index (χ0v) is 12.3. The van der Waals surface area contributed by atoms with E-state index in [2.05, 4.69) is 4.90 Å². The van der Waals surface area contributed by atoms with Crippen LogP contribution in [0.1, 0.15) is 31.2 Å². The Morgan fingerprint density at radius 1 is 1.10 bits per heavy atom. The Labute approximate surface area is 120 Å². The van der Waals surface area contributed by atoms with Crippen LogP contribution in [0, 0.1) is 0 Å². The molecule has 0 aliphatic carbocycles. The van der Waals surface area contributed by atoms with Crippen LogP contribution < -0.4 is 5.73 Å². The summed E-state index contributed by atoms with van der Waals surface area (Å²) in [5, 5.41) is 1.40. The molecule has 0 unspecified atom stereocenters. The minimum absolute atomic E-state index is 0.363. The van der Waals surface area contributed by atoms with E-state index in [0.29, 0.717) is 17.1 Å². The first-order chi connectivity index (χ1) is 9.58. The third-order valence-corrected chi connectivity index (χ3v) is 5.62. The largest absolute Gasteiger partial charge is 0.398 e. The van der Waals surface area contributed by atoms with Crippen molar-refractivity contribution in [3.05, 3.63) is 29.2 Å². The molecule has 0 spiro atoms. The van der Waals surface area contributed by atoms with Crippen LogP contribution in [0.3, 0.4) is 0 Å². The topological polar surface area (TPSA) is 63.4 Å². The number of nitrogen functional groups attached to an aromatic ring is 1. The number of anilines is 1. The monoisotopic (exact) mass is 292 g/mol. The average Bonchev–Trinajstić information content (AvgIpc) is 2.58. The Balaban J connectivity index is 1.92. The first kappa shape index (κ1) is 13.6. The Hall–Kier alpha value is -1.33. The zero-order valence-electron chi connectivity index (χ0n) is 11.5. The number of rotatable bonds is 2. The van der Waals surface area contributed by atoms with Gasteiger partial charge in [0.1, 0.15) is 0 Å². The summed E-state index contributed by atoms with van der Waals surface area (Å²) in [6, 6.07) is 5.12. The van der Waals surface area contributed by atoms with Crippen molar-refractivity contribution in [1.82, 2.24) is 4.90 Å². The van der Waals surface area contributed by atoms with E-state index in [1.165, 1.54) is 31.1 Å². The molecule has 1 saturated heterocycles. The second-order valence-corrected chi connectivity index (χ2v) is 7.36. The van der Waals surface area contributed by atoms with Crippen molar-refractivity contribution in [3.8, 4) is 0 Å². The first-order valence-corrected chi connectivity index (χ1v) is 8.69. The first-order valence-electron chi connectivity index (χ1n) is 7.15. The summed E-state index contributed by atoms with van der Waals surface area (Å²) >= 11 is 0. The quantitative estimate of drug-likeness (QED) is 0.849. The summed E-state index contributed by atoms with van der Waals surface area (Å²) in [7, 11) is -3.31. The predicted octanol–water partition coefficient (Wildman–Crippen LogP) is 2.27. The van der Waals surface area contributed by atoms with Crippen molar-refractivity contribution in [3.63, 3.8) is 0 Å². The highest BCUT2D eigenvalue weighted by Crippen LogP contribution is 2.37. The Morgan fingerprint density at radius 3 is 2.50 bits per heavy atom. The van der Waals surface area contributed by atoms with Crippen molar-refractivity contribution < 1.29 is 8.42 Å². The maximum Gasteiger partial charge on any atom is 0.200 e. The van der Waals surface area contributed by atoms with Crippen molar-refractivity contribution in [1.29, 1.82) is 0 Å². The standard InChI is InChI=1S/C15H20N2O2S/c16-13-6-5-7-14-15(13)12(11-20(14,18)19)10-17-8-3-1-2-4-9-17/h5-7,11H,1-4,8-10,16H2. The lowest BCUT2D eigenvalue weighted by molar-refractivity contribution is 0.320. The fourth-order valence-corrected chi connectivity index (χ4v) is 4.59. The molecule has 1 aromatic rings. The number of nitrogens with zero attached hydrogens (tertiary/aromatic N) is 1.